The molecule has 0 aliphatic carbocycles. The SMILES string of the molecule is CCOC(=O)CCCNC(=O)C1(C)COC(C)(C)OC1. The second-order valence-electron chi connectivity index (χ2n) is 5.70. The Bertz CT molecular complexity index is 343. The lowest BCUT2D eigenvalue weighted by Crippen LogP contribution is -2.52. The van der Waals surface area contributed by atoms with E-state index in [1.165, 1.54) is 0 Å². The molecule has 20 heavy (non-hydrogen) atoms. The van der Waals surface area contributed by atoms with Crippen LogP contribution in [0.1, 0.15) is 40.5 Å². The van der Waals surface area contributed by atoms with Crippen LogP contribution in [0.5, 0.6) is 0 Å². The molecule has 6 heteroatoms. The molecule has 1 heterocycles. The molecule has 1 fully saturated rings. The van der Waals surface area contributed by atoms with Crippen molar-refractivity contribution in [2.45, 2.75) is 46.3 Å². The highest BCUT2D eigenvalue weighted by Gasteiger charge is 2.41. The zero-order chi connectivity index (χ0) is 15.2. The van der Waals surface area contributed by atoms with Crippen molar-refractivity contribution in [3.05, 3.63) is 0 Å². The van der Waals surface area contributed by atoms with Crippen LogP contribution in [0, 0.1) is 5.41 Å². The summed E-state index contributed by atoms with van der Waals surface area (Å²) >= 11 is 0. The summed E-state index contributed by atoms with van der Waals surface area (Å²) in [6, 6.07) is 0. The molecule has 0 bridgehead atoms. The van der Waals surface area contributed by atoms with Crippen molar-refractivity contribution in [2.24, 2.45) is 5.41 Å². The number of amides is 1. The molecule has 1 aliphatic heterocycles. The highest BCUT2D eigenvalue weighted by atomic mass is 16.7. The molecule has 0 radical (unpaired) electrons. The molecule has 1 amide bonds. The van der Waals surface area contributed by atoms with Crippen molar-refractivity contribution in [3.8, 4) is 0 Å². The standard InChI is InChI=1S/C14H25NO5/c1-5-18-11(16)7-6-8-15-12(17)14(4)9-19-13(2,3)20-10-14/h5-10H2,1-4H3,(H,15,17). The predicted molar refractivity (Wildman–Crippen MR) is 73.0 cm³/mol. The Morgan fingerprint density at radius 3 is 2.35 bits per heavy atom. The second-order valence-corrected chi connectivity index (χ2v) is 5.70. The number of nitrogens with one attached hydrogen (secondary N) is 1. The maximum Gasteiger partial charge on any atom is 0.305 e. The van der Waals surface area contributed by atoms with E-state index in [0.717, 1.165) is 0 Å². The van der Waals surface area contributed by atoms with E-state index in [4.69, 9.17) is 14.2 Å². The van der Waals surface area contributed by atoms with Gasteiger partial charge in [-0.3, -0.25) is 9.59 Å². The van der Waals surface area contributed by atoms with E-state index in [1.807, 2.05) is 20.8 Å². The van der Waals surface area contributed by atoms with Gasteiger partial charge in [-0.2, -0.15) is 0 Å². The van der Waals surface area contributed by atoms with E-state index in [2.05, 4.69) is 5.32 Å². The van der Waals surface area contributed by atoms with Crippen LogP contribution in [0.3, 0.4) is 0 Å². The molecule has 6 nitrogen and oxygen atoms in total. The van der Waals surface area contributed by atoms with Crippen LogP contribution >= 0.6 is 0 Å². The van der Waals surface area contributed by atoms with Crippen molar-refractivity contribution >= 4 is 11.9 Å². The number of hydrogen-bond acceptors (Lipinski definition) is 5. The van der Waals surface area contributed by atoms with Gasteiger partial charge >= 0.3 is 5.97 Å². The summed E-state index contributed by atoms with van der Waals surface area (Å²) in [7, 11) is 0. The molecule has 0 atom stereocenters. The highest BCUT2D eigenvalue weighted by Crippen LogP contribution is 2.29. The van der Waals surface area contributed by atoms with Gasteiger partial charge in [-0.15, -0.1) is 0 Å². The van der Waals surface area contributed by atoms with Crippen LogP contribution in [0.2, 0.25) is 0 Å². The third kappa shape index (κ3) is 5.09. The van der Waals surface area contributed by atoms with E-state index >= 15 is 0 Å². The first-order valence-electron chi connectivity index (χ1n) is 7.01. The number of ether oxygens (including phenoxy) is 3. The van der Waals surface area contributed by atoms with Gasteiger partial charge in [-0.05, 0) is 34.1 Å². The van der Waals surface area contributed by atoms with Crippen LogP contribution in [-0.4, -0.2) is 44.0 Å². The maximum absolute atomic E-state index is 12.1. The fourth-order valence-corrected chi connectivity index (χ4v) is 1.76. The zero-order valence-electron chi connectivity index (χ0n) is 12.8. The molecular formula is C14H25NO5. The Hall–Kier alpha value is -1.14. The van der Waals surface area contributed by atoms with E-state index in [9.17, 15) is 9.59 Å². The Morgan fingerprint density at radius 2 is 1.80 bits per heavy atom. The fraction of sp³-hybridized carbons (Fsp3) is 0.857. The van der Waals surface area contributed by atoms with Gasteiger partial charge < -0.3 is 19.5 Å². The Morgan fingerprint density at radius 1 is 1.20 bits per heavy atom. The van der Waals surface area contributed by atoms with Gasteiger partial charge in [0, 0.05) is 13.0 Å². The lowest BCUT2D eigenvalue weighted by molar-refractivity contribution is -0.277. The lowest BCUT2D eigenvalue weighted by Gasteiger charge is -2.40. The summed E-state index contributed by atoms with van der Waals surface area (Å²) in [5, 5.41) is 2.81. The number of carbonyl (C=O) groups is 2. The van der Waals surface area contributed by atoms with Gasteiger partial charge in [0.25, 0.3) is 0 Å². The first kappa shape index (κ1) is 16.9. The summed E-state index contributed by atoms with van der Waals surface area (Å²) in [6.45, 7) is 8.69. The minimum Gasteiger partial charge on any atom is -0.466 e. The first-order chi connectivity index (χ1) is 9.29. The minimum atomic E-state index is -0.681. The molecule has 1 rings (SSSR count). The van der Waals surface area contributed by atoms with Gasteiger partial charge in [0.05, 0.1) is 25.2 Å². The van der Waals surface area contributed by atoms with Crippen molar-refractivity contribution in [1.82, 2.24) is 5.32 Å². The molecule has 0 spiro atoms. The van der Waals surface area contributed by atoms with Gasteiger partial charge in [-0.1, -0.05) is 0 Å². The van der Waals surface area contributed by atoms with Crippen LogP contribution < -0.4 is 5.32 Å². The van der Waals surface area contributed by atoms with Crippen molar-refractivity contribution in [3.63, 3.8) is 0 Å². The van der Waals surface area contributed by atoms with Gasteiger partial charge in [0.2, 0.25) is 5.91 Å². The molecule has 0 aromatic rings. The molecule has 116 valence electrons. The van der Waals surface area contributed by atoms with Gasteiger partial charge in [-0.25, -0.2) is 0 Å². The molecule has 0 aromatic carbocycles. The van der Waals surface area contributed by atoms with E-state index in [0.29, 0.717) is 39.2 Å². The molecule has 1 N–H and O–H groups in total. The van der Waals surface area contributed by atoms with Gasteiger partial charge in [0.15, 0.2) is 5.79 Å². The van der Waals surface area contributed by atoms with Crippen LogP contribution in [0.4, 0.5) is 0 Å². The van der Waals surface area contributed by atoms with Crippen LogP contribution in [-0.2, 0) is 23.8 Å². The molecule has 1 aliphatic rings. The zero-order valence-corrected chi connectivity index (χ0v) is 12.8. The summed E-state index contributed by atoms with van der Waals surface area (Å²) in [4.78, 5) is 23.3. The predicted octanol–water partition coefficient (Wildman–Crippen LogP) is 1.24. The summed E-state index contributed by atoms with van der Waals surface area (Å²) in [5.41, 5.74) is -0.681. The quantitative estimate of drug-likeness (QED) is 0.587. The van der Waals surface area contributed by atoms with Crippen LogP contribution in [0.15, 0.2) is 0 Å². The summed E-state index contributed by atoms with van der Waals surface area (Å²) < 4.78 is 15.9. The number of esters is 1. The van der Waals surface area contributed by atoms with Crippen molar-refractivity contribution < 1.29 is 23.8 Å². The Labute approximate surface area is 120 Å². The molecule has 0 saturated carbocycles. The molecule has 1 saturated heterocycles. The molecule has 0 aromatic heterocycles. The number of hydrogen-bond donors (Lipinski definition) is 1. The maximum atomic E-state index is 12.1. The monoisotopic (exact) mass is 287 g/mol. The van der Waals surface area contributed by atoms with E-state index in [-0.39, 0.29) is 11.9 Å². The summed E-state index contributed by atoms with van der Waals surface area (Å²) in [5.74, 6) is -0.986. The highest BCUT2D eigenvalue weighted by molar-refractivity contribution is 5.82. The Kier molecular flexibility index (Phi) is 5.95. The van der Waals surface area contributed by atoms with E-state index < -0.39 is 11.2 Å². The Balaban J connectivity index is 2.27. The molecular weight excluding hydrogens is 262 g/mol. The first-order valence-corrected chi connectivity index (χ1v) is 7.01. The van der Waals surface area contributed by atoms with Crippen LogP contribution in [0.25, 0.3) is 0 Å². The lowest BCUT2D eigenvalue weighted by atomic mass is 9.90. The largest absolute Gasteiger partial charge is 0.466 e. The van der Waals surface area contributed by atoms with Gasteiger partial charge in [0.1, 0.15) is 0 Å². The molecule has 0 unspecified atom stereocenters. The second kappa shape index (κ2) is 7.04. The van der Waals surface area contributed by atoms with Crippen molar-refractivity contribution in [1.29, 1.82) is 0 Å². The smallest absolute Gasteiger partial charge is 0.305 e. The third-order valence-corrected chi connectivity index (χ3v) is 3.17. The van der Waals surface area contributed by atoms with E-state index in [1.54, 1.807) is 6.92 Å². The number of rotatable bonds is 6. The number of carbonyl (C=O) groups excluding carboxylic acids is 2. The third-order valence-electron chi connectivity index (χ3n) is 3.17. The topological polar surface area (TPSA) is 73.9 Å². The average molecular weight is 287 g/mol. The normalized spacial score (nSPS) is 20.2. The average Bonchev–Trinajstić information content (AvgIpc) is 2.38. The van der Waals surface area contributed by atoms with Crippen molar-refractivity contribution in [2.75, 3.05) is 26.4 Å². The summed E-state index contributed by atoms with van der Waals surface area (Å²) in [6.07, 6.45) is 0.874. The minimum absolute atomic E-state index is 0.114. The fourth-order valence-electron chi connectivity index (χ4n) is 1.76.